The Kier molecular flexibility index (Phi) is 8.62. The Hall–Kier alpha value is -2.18. The summed E-state index contributed by atoms with van der Waals surface area (Å²) >= 11 is 0. The van der Waals surface area contributed by atoms with Gasteiger partial charge in [-0.25, -0.2) is 9.78 Å². The maximum Gasteiger partial charge on any atom is 0.332 e. The van der Waals surface area contributed by atoms with Crippen molar-refractivity contribution >= 4 is 16.9 Å². The molecule has 2 aromatic rings. The van der Waals surface area contributed by atoms with Crippen molar-refractivity contribution in [3.05, 3.63) is 27.2 Å². The maximum absolute atomic E-state index is 12.6. The predicted molar refractivity (Wildman–Crippen MR) is 121 cm³/mol. The number of carbonyl (C=O) groups is 1. The summed E-state index contributed by atoms with van der Waals surface area (Å²) < 4.78 is 4.45. The number of imidazole rings is 1. The lowest BCUT2D eigenvalue weighted by Crippen LogP contribution is -2.39. The maximum atomic E-state index is 12.6. The first-order chi connectivity index (χ1) is 14.1. The molecule has 2 rings (SSSR count). The highest BCUT2D eigenvalue weighted by Crippen LogP contribution is 2.20. The van der Waals surface area contributed by atoms with Gasteiger partial charge in [0.25, 0.3) is 5.56 Å². The molecule has 0 radical (unpaired) electrons. The third kappa shape index (κ3) is 6.67. The minimum Gasteiger partial charge on any atom is -0.328 e. The first-order valence-corrected chi connectivity index (χ1v) is 11.2. The molecule has 0 saturated carbocycles. The van der Waals surface area contributed by atoms with E-state index in [1.165, 1.54) is 22.0 Å². The second-order valence-electron chi connectivity index (χ2n) is 9.68. The highest BCUT2D eigenvalue weighted by molar-refractivity contribution is 5.78. The molecular formula is C23H38N4O3. The van der Waals surface area contributed by atoms with Gasteiger partial charge in [-0.2, -0.15) is 0 Å². The van der Waals surface area contributed by atoms with Gasteiger partial charge in [-0.15, -0.1) is 0 Å². The van der Waals surface area contributed by atoms with E-state index in [9.17, 15) is 14.4 Å². The molecule has 168 valence electrons. The Labute approximate surface area is 179 Å². The summed E-state index contributed by atoms with van der Waals surface area (Å²) in [6.07, 6.45) is 11.5. The summed E-state index contributed by atoms with van der Waals surface area (Å²) in [5.74, 6) is 0.383. The molecule has 2 aromatic heterocycles. The molecule has 7 nitrogen and oxygen atoms in total. The number of ketones is 1. The summed E-state index contributed by atoms with van der Waals surface area (Å²) in [4.78, 5) is 41.1. The number of carbonyl (C=O) groups excluding carboxylic acids is 1. The van der Waals surface area contributed by atoms with Crippen LogP contribution in [-0.2, 0) is 25.4 Å². The zero-order chi connectivity index (χ0) is 22.3. The fourth-order valence-corrected chi connectivity index (χ4v) is 3.93. The second kappa shape index (κ2) is 10.7. The van der Waals surface area contributed by atoms with Crippen molar-refractivity contribution in [2.45, 2.75) is 91.5 Å². The van der Waals surface area contributed by atoms with E-state index in [-0.39, 0.29) is 16.7 Å². The average molecular weight is 419 g/mol. The van der Waals surface area contributed by atoms with Crippen LogP contribution in [0.1, 0.15) is 85.0 Å². The number of rotatable bonds is 12. The van der Waals surface area contributed by atoms with Gasteiger partial charge in [0, 0.05) is 33.5 Å². The standard InChI is InChI=1S/C23H38N4O3/c1-23(2,3)16-18(28)14-12-10-8-6-7-9-11-13-15-27-21(29)19-20(24-17-25(19)4)26(5)22(27)30/h17H,6-16H2,1-5H3. The van der Waals surface area contributed by atoms with Crippen molar-refractivity contribution in [1.29, 1.82) is 0 Å². The quantitative estimate of drug-likeness (QED) is 0.489. The van der Waals surface area contributed by atoms with Gasteiger partial charge < -0.3 is 4.57 Å². The molecule has 0 aromatic carbocycles. The van der Waals surface area contributed by atoms with E-state index in [1.54, 1.807) is 25.0 Å². The van der Waals surface area contributed by atoms with E-state index in [4.69, 9.17) is 0 Å². The van der Waals surface area contributed by atoms with E-state index < -0.39 is 0 Å². The van der Waals surface area contributed by atoms with Crippen LogP contribution in [0, 0.1) is 5.41 Å². The third-order valence-electron chi connectivity index (χ3n) is 5.52. The van der Waals surface area contributed by atoms with Crippen LogP contribution in [0.5, 0.6) is 0 Å². The Morgan fingerprint density at radius 1 is 0.933 bits per heavy atom. The summed E-state index contributed by atoms with van der Waals surface area (Å²) in [5.41, 5.74) is 0.443. The van der Waals surface area contributed by atoms with Crippen LogP contribution in [0.15, 0.2) is 15.9 Å². The molecular weight excluding hydrogens is 380 g/mol. The Morgan fingerprint density at radius 2 is 1.50 bits per heavy atom. The average Bonchev–Trinajstić information content (AvgIpc) is 3.04. The van der Waals surface area contributed by atoms with Gasteiger partial charge in [-0.3, -0.25) is 18.7 Å². The van der Waals surface area contributed by atoms with Crippen LogP contribution in [-0.4, -0.2) is 24.5 Å². The topological polar surface area (TPSA) is 78.9 Å². The van der Waals surface area contributed by atoms with Gasteiger partial charge in [-0.1, -0.05) is 59.3 Å². The molecule has 2 heterocycles. The molecule has 0 spiro atoms. The SMILES string of the molecule is Cn1cnc2c1c(=O)n(CCCCCCCCCCC(=O)CC(C)(C)C)c(=O)n2C. The highest BCUT2D eigenvalue weighted by atomic mass is 16.2. The summed E-state index contributed by atoms with van der Waals surface area (Å²) in [5, 5.41) is 0. The van der Waals surface area contributed by atoms with Gasteiger partial charge in [-0.05, 0) is 18.3 Å². The van der Waals surface area contributed by atoms with Crippen molar-refractivity contribution in [1.82, 2.24) is 18.7 Å². The molecule has 0 aliphatic heterocycles. The smallest absolute Gasteiger partial charge is 0.328 e. The summed E-state index contributed by atoms with van der Waals surface area (Å²) in [6.45, 7) is 6.77. The number of aromatic nitrogens is 4. The number of fused-ring (bicyclic) bond motifs is 1. The van der Waals surface area contributed by atoms with E-state index in [0.29, 0.717) is 36.3 Å². The van der Waals surface area contributed by atoms with E-state index in [1.807, 2.05) is 0 Å². The molecule has 7 heteroatoms. The van der Waals surface area contributed by atoms with Crippen molar-refractivity contribution < 1.29 is 4.79 Å². The molecule has 0 fully saturated rings. The first kappa shape index (κ1) is 24.1. The minimum absolute atomic E-state index is 0.0932. The first-order valence-electron chi connectivity index (χ1n) is 11.2. The number of nitrogens with zero attached hydrogens (tertiary/aromatic N) is 4. The Morgan fingerprint density at radius 3 is 2.10 bits per heavy atom. The zero-order valence-electron chi connectivity index (χ0n) is 19.4. The molecule has 0 N–H and O–H groups in total. The fraction of sp³-hybridized carbons (Fsp3) is 0.739. The minimum atomic E-state index is -0.299. The molecule has 0 aliphatic rings. The Balaban J connectivity index is 1.64. The monoisotopic (exact) mass is 418 g/mol. The van der Waals surface area contributed by atoms with Crippen molar-refractivity contribution in [3.63, 3.8) is 0 Å². The van der Waals surface area contributed by atoms with Gasteiger partial charge in [0.05, 0.1) is 6.33 Å². The second-order valence-corrected chi connectivity index (χ2v) is 9.68. The molecule has 0 bridgehead atoms. The number of Topliss-reactive ketones (excluding diaryl/α,β-unsaturated/α-hetero) is 1. The molecule has 30 heavy (non-hydrogen) atoms. The van der Waals surface area contributed by atoms with Gasteiger partial charge in [0.15, 0.2) is 11.2 Å². The normalized spacial score (nSPS) is 12.0. The van der Waals surface area contributed by atoms with Gasteiger partial charge in [0.2, 0.25) is 0 Å². The largest absolute Gasteiger partial charge is 0.332 e. The van der Waals surface area contributed by atoms with Crippen molar-refractivity contribution in [2.24, 2.45) is 19.5 Å². The van der Waals surface area contributed by atoms with Crippen LogP contribution in [0.25, 0.3) is 11.2 Å². The van der Waals surface area contributed by atoms with Crippen LogP contribution in [0.3, 0.4) is 0 Å². The molecule has 0 amide bonds. The molecule has 0 aliphatic carbocycles. The van der Waals surface area contributed by atoms with E-state index >= 15 is 0 Å². The van der Waals surface area contributed by atoms with Crippen molar-refractivity contribution in [2.75, 3.05) is 0 Å². The van der Waals surface area contributed by atoms with Crippen molar-refractivity contribution in [3.8, 4) is 0 Å². The highest BCUT2D eigenvalue weighted by Gasteiger charge is 2.15. The lowest BCUT2D eigenvalue weighted by Gasteiger charge is -2.16. The van der Waals surface area contributed by atoms with Gasteiger partial charge in [0.1, 0.15) is 5.78 Å². The number of hydrogen-bond acceptors (Lipinski definition) is 4. The number of unbranched alkanes of at least 4 members (excludes halogenated alkanes) is 7. The summed E-state index contributed by atoms with van der Waals surface area (Å²) in [6, 6.07) is 0. The lowest BCUT2D eigenvalue weighted by atomic mass is 9.88. The van der Waals surface area contributed by atoms with Crippen LogP contribution >= 0.6 is 0 Å². The van der Waals surface area contributed by atoms with Crippen LogP contribution in [0.4, 0.5) is 0 Å². The zero-order valence-corrected chi connectivity index (χ0v) is 19.4. The van der Waals surface area contributed by atoms with Crippen LogP contribution < -0.4 is 11.2 Å². The molecule has 0 unspecified atom stereocenters. The number of aryl methyl sites for hydroxylation is 2. The molecule has 0 atom stereocenters. The van der Waals surface area contributed by atoms with Gasteiger partial charge >= 0.3 is 5.69 Å². The van der Waals surface area contributed by atoms with E-state index in [2.05, 4.69) is 25.8 Å². The fourth-order valence-electron chi connectivity index (χ4n) is 3.93. The lowest BCUT2D eigenvalue weighted by molar-refractivity contribution is -0.120. The molecule has 0 saturated heterocycles. The van der Waals surface area contributed by atoms with Crippen LogP contribution in [0.2, 0.25) is 0 Å². The summed E-state index contributed by atoms with van der Waals surface area (Å²) in [7, 11) is 3.43. The third-order valence-corrected chi connectivity index (χ3v) is 5.52. The number of hydrogen-bond donors (Lipinski definition) is 0. The predicted octanol–water partition coefficient (Wildman–Crippen LogP) is 3.95. The Bertz CT molecular complexity index is 960. The van der Waals surface area contributed by atoms with E-state index in [0.717, 1.165) is 38.5 Å².